The minimum Gasteiger partial charge on any atom is -0.312 e. The summed E-state index contributed by atoms with van der Waals surface area (Å²) in [6.07, 6.45) is 5.20. The molecule has 1 aromatic carbocycles. The molecule has 0 aromatic heterocycles. The van der Waals surface area contributed by atoms with Gasteiger partial charge in [-0.15, -0.1) is 0 Å². The molecular formula is C15H17ClN2O3. The standard InChI is InChI=1S/C15H17ClN2O3/c16-13-7-6-12(8-14(13)18(20)21)17(9-10-4-5-10)15(19)11-2-1-3-11/h6-8,10-11H,1-5,9H2. The number of anilines is 1. The van der Waals surface area contributed by atoms with Gasteiger partial charge in [-0.1, -0.05) is 18.0 Å². The van der Waals surface area contributed by atoms with E-state index >= 15 is 0 Å². The lowest BCUT2D eigenvalue weighted by molar-refractivity contribution is -0.384. The number of halogens is 1. The quantitative estimate of drug-likeness (QED) is 0.614. The van der Waals surface area contributed by atoms with Crippen molar-refractivity contribution in [2.45, 2.75) is 32.1 Å². The van der Waals surface area contributed by atoms with E-state index in [4.69, 9.17) is 11.6 Å². The molecule has 0 aliphatic heterocycles. The predicted octanol–water partition coefficient (Wildman–Crippen LogP) is 3.79. The first kappa shape index (κ1) is 14.3. The number of amides is 1. The highest BCUT2D eigenvalue weighted by Crippen LogP contribution is 2.37. The van der Waals surface area contributed by atoms with Crippen molar-refractivity contribution < 1.29 is 9.72 Å². The van der Waals surface area contributed by atoms with Crippen LogP contribution in [0, 0.1) is 22.0 Å². The molecule has 21 heavy (non-hydrogen) atoms. The van der Waals surface area contributed by atoms with Crippen LogP contribution >= 0.6 is 11.6 Å². The van der Waals surface area contributed by atoms with E-state index in [0.29, 0.717) is 18.2 Å². The minimum absolute atomic E-state index is 0.0819. The SMILES string of the molecule is O=C(C1CCC1)N(CC1CC1)c1ccc(Cl)c([N+](=O)[O-])c1. The van der Waals surface area contributed by atoms with E-state index in [-0.39, 0.29) is 22.5 Å². The van der Waals surface area contributed by atoms with Crippen LogP contribution in [0.15, 0.2) is 18.2 Å². The third-order valence-corrected chi connectivity index (χ3v) is 4.62. The zero-order valence-corrected chi connectivity index (χ0v) is 12.4. The lowest BCUT2D eigenvalue weighted by atomic mass is 9.84. The first-order chi connectivity index (χ1) is 10.1. The number of rotatable bonds is 5. The van der Waals surface area contributed by atoms with E-state index in [1.165, 1.54) is 12.1 Å². The number of carbonyl (C=O) groups is 1. The Bertz CT molecular complexity index is 582. The van der Waals surface area contributed by atoms with Crippen LogP contribution in [0.2, 0.25) is 5.02 Å². The Morgan fingerprint density at radius 1 is 1.33 bits per heavy atom. The van der Waals surface area contributed by atoms with Crippen molar-refractivity contribution in [1.29, 1.82) is 0 Å². The van der Waals surface area contributed by atoms with Gasteiger partial charge in [-0.2, -0.15) is 0 Å². The highest BCUT2D eigenvalue weighted by molar-refractivity contribution is 6.32. The summed E-state index contributed by atoms with van der Waals surface area (Å²) in [4.78, 5) is 24.8. The Balaban J connectivity index is 1.89. The Kier molecular flexibility index (Phi) is 3.85. The van der Waals surface area contributed by atoms with Gasteiger partial charge in [-0.25, -0.2) is 0 Å². The first-order valence-electron chi connectivity index (χ1n) is 7.31. The summed E-state index contributed by atoms with van der Waals surface area (Å²) in [5.74, 6) is 0.715. The molecule has 2 saturated carbocycles. The molecule has 0 N–H and O–H groups in total. The predicted molar refractivity (Wildman–Crippen MR) is 80.5 cm³/mol. The summed E-state index contributed by atoms with van der Waals surface area (Å²) >= 11 is 5.85. The number of hydrogen-bond donors (Lipinski definition) is 0. The molecule has 5 nitrogen and oxygen atoms in total. The van der Waals surface area contributed by atoms with Crippen LogP contribution in [0.3, 0.4) is 0 Å². The number of carbonyl (C=O) groups excluding carboxylic acids is 1. The van der Waals surface area contributed by atoms with Crippen molar-refractivity contribution >= 4 is 28.9 Å². The third kappa shape index (κ3) is 3.02. The lowest BCUT2D eigenvalue weighted by Gasteiger charge is -2.31. The fourth-order valence-electron chi connectivity index (χ4n) is 2.57. The molecule has 3 rings (SSSR count). The largest absolute Gasteiger partial charge is 0.312 e. The molecule has 1 aromatic rings. The lowest BCUT2D eigenvalue weighted by Crippen LogP contribution is -2.40. The number of nitro benzene ring substituents is 1. The van der Waals surface area contributed by atoms with Gasteiger partial charge < -0.3 is 4.90 Å². The maximum Gasteiger partial charge on any atom is 0.289 e. The van der Waals surface area contributed by atoms with Gasteiger partial charge in [0.1, 0.15) is 5.02 Å². The van der Waals surface area contributed by atoms with Crippen LogP contribution in [-0.2, 0) is 4.79 Å². The minimum atomic E-state index is -0.505. The number of hydrogen-bond acceptors (Lipinski definition) is 3. The summed E-state index contributed by atoms with van der Waals surface area (Å²) in [7, 11) is 0. The number of nitrogens with zero attached hydrogens (tertiary/aromatic N) is 2. The molecule has 0 radical (unpaired) electrons. The highest BCUT2D eigenvalue weighted by atomic mass is 35.5. The molecule has 2 aliphatic rings. The van der Waals surface area contributed by atoms with Crippen LogP contribution in [0.25, 0.3) is 0 Å². The van der Waals surface area contributed by atoms with Crippen molar-refractivity contribution in [2.75, 3.05) is 11.4 Å². The molecule has 1 amide bonds. The molecule has 0 spiro atoms. The van der Waals surface area contributed by atoms with Gasteiger partial charge in [0.15, 0.2) is 0 Å². The van der Waals surface area contributed by atoms with Gasteiger partial charge in [0.25, 0.3) is 5.69 Å². The van der Waals surface area contributed by atoms with Crippen molar-refractivity contribution in [1.82, 2.24) is 0 Å². The second-order valence-corrected chi connectivity index (χ2v) is 6.32. The number of nitro groups is 1. The summed E-state index contributed by atoms with van der Waals surface area (Å²) < 4.78 is 0. The van der Waals surface area contributed by atoms with E-state index < -0.39 is 4.92 Å². The van der Waals surface area contributed by atoms with Crippen molar-refractivity contribution in [2.24, 2.45) is 11.8 Å². The number of benzene rings is 1. The summed E-state index contributed by atoms with van der Waals surface area (Å²) in [6, 6.07) is 4.62. The molecule has 0 saturated heterocycles. The smallest absolute Gasteiger partial charge is 0.289 e. The molecule has 0 unspecified atom stereocenters. The summed E-state index contributed by atoms with van der Waals surface area (Å²) in [6.45, 7) is 0.661. The third-order valence-electron chi connectivity index (χ3n) is 4.30. The van der Waals surface area contributed by atoms with Gasteiger partial charge in [-0.05, 0) is 43.7 Å². The highest BCUT2D eigenvalue weighted by Gasteiger charge is 2.34. The Labute approximate surface area is 128 Å². The molecule has 0 bridgehead atoms. The fraction of sp³-hybridized carbons (Fsp3) is 0.533. The molecule has 2 fully saturated rings. The second-order valence-electron chi connectivity index (χ2n) is 5.91. The van der Waals surface area contributed by atoms with Crippen LogP contribution < -0.4 is 4.90 Å². The van der Waals surface area contributed by atoms with E-state index in [1.807, 2.05) is 0 Å². The van der Waals surface area contributed by atoms with Gasteiger partial charge in [0, 0.05) is 18.5 Å². The summed E-state index contributed by atoms with van der Waals surface area (Å²) in [5.41, 5.74) is 0.450. The summed E-state index contributed by atoms with van der Waals surface area (Å²) in [5, 5.41) is 11.1. The fourth-order valence-corrected chi connectivity index (χ4v) is 2.75. The topological polar surface area (TPSA) is 63.5 Å². The van der Waals surface area contributed by atoms with Gasteiger partial charge in [0.2, 0.25) is 5.91 Å². The van der Waals surface area contributed by atoms with Gasteiger partial charge in [-0.3, -0.25) is 14.9 Å². The Morgan fingerprint density at radius 2 is 2.05 bits per heavy atom. The monoisotopic (exact) mass is 308 g/mol. The molecule has 2 aliphatic carbocycles. The average molecular weight is 309 g/mol. The Hall–Kier alpha value is -1.62. The van der Waals surface area contributed by atoms with Crippen LogP contribution in [0.1, 0.15) is 32.1 Å². The Morgan fingerprint density at radius 3 is 2.57 bits per heavy atom. The van der Waals surface area contributed by atoms with Crippen LogP contribution in [-0.4, -0.2) is 17.4 Å². The maximum atomic E-state index is 12.6. The zero-order chi connectivity index (χ0) is 15.0. The molecule has 0 heterocycles. The molecule has 112 valence electrons. The molecule has 6 heteroatoms. The normalized spacial score (nSPS) is 18.1. The van der Waals surface area contributed by atoms with Crippen molar-refractivity contribution in [3.05, 3.63) is 33.3 Å². The maximum absolute atomic E-state index is 12.6. The van der Waals surface area contributed by atoms with Crippen molar-refractivity contribution in [3.63, 3.8) is 0 Å². The van der Waals surface area contributed by atoms with E-state index in [0.717, 1.165) is 32.1 Å². The van der Waals surface area contributed by atoms with Crippen molar-refractivity contribution in [3.8, 4) is 0 Å². The second kappa shape index (κ2) is 5.64. The zero-order valence-electron chi connectivity index (χ0n) is 11.6. The van der Waals surface area contributed by atoms with Crippen LogP contribution in [0.5, 0.6) is 0 Å². The van der Waals surface area contributed by atoms with E-state index in [1.54, 1.807) is 11.0 Å². The van der Waals surface area contributed by atoms with E-state index in [9.17, 15) is 14.9 Å². The van der Waals surface area contributed by atoms with E-state index in [2.05, 4.69) is 0 Å². The van der Waals surface area contributed by atoms with Crippen LogP contribution in [0.4, 0.5) is 11.4 Å². The average Bonchev–Trinajstić information content (AvgIpc) is 3.18. The molecule has 0 atom stereocenters. The first-order valence-corrected chi connectivity index (χ1v) is 7.69. The van der Waals surface area contributed by atoms with Gasteiger partial charge >= 0.3 is 0 Å². The van der Waals surface area contributed by atoms with Gasteiger partial charge in [0.05, 0.1) is 10.6 Å². The molecular weight excluding hydrogens is 292 g/mol.